The molecule has 0 saturated carbocycles. The number of fused-ring (bicyclic) bond motifs is 1. The first-order valence-electron chi connectivity index (χ1n) is 9.22. The lowest BCUT2D eigenvalue weighted by atomic mass is 10.1. The summed E-state index contributed by atoms with van der Waals surface area (Å²) in [6, 6.07) is 13.7. The number of anilines is 1. The van der Waals surface area contributed by atoms with Crippen LogP contribution in [0.15, 0.2) is 59.7 Å². The second kappa shape index (κ2) is 8.49. The number of hydrogen-bond donors (Lipinski definition) is 1. The monoisotopic (exact) mass is 439 g/mol. The van der Waals surface area contributed by atoms with E-state index in [1.165, 1.54) is 25.1 Å². The van der Waals surface area contributed by atoms with Crippen molar-refractivity contribution < 1.29 is 14.3 Å². The molecule has 4 rings (SSSR count). The van der Waals surface area contributed by atoms with Crippen LogP contribution in [0.25, 0.3) is 16.8 Å². The number of nitrogens with zero attached hydrogens (tertiary/aromatic N) is 4. The smallest absolute Gasteiger partial charge is 0.293 e. The molecular weight excluding hydrogens is 422 g/mol. The Kier molecular flexibility index (Phi) is 5.59. The molecule has 0 aliphatic heterocycles. The fourth-order valence-electron chi connectivity index (χ4n) is 3.06. The van der Waals surface area contributed by atoms with Crippen LogP contribution in [0.3, 0.4) is 0 Å². The number of methoxy groups -OCH3 is 2. The molecule has 0 saturated heterocycles. The Morgan fingerprint density at radius 2 is 1.81 bits per heavy atom. The van der Waals surface area contributed by atoms with Crippen molar-refractivity contribution in [2.24, 2.45) is 0 Å². The van der Waals surface area contributed by atoms with Gasteiger partial charge in [0.2, 0.25) is 5.91 Å². The minimum absolute atomic E-state index is 0.259. The van der Waals surface area contributed by atoms with Crippen LogP contribution in [-0.4, -0.2) is 39.5 Å². The fourth-order valence-corrected chi connectivity index (χ4v) is 3.19. The van der Waals surface area contributed by atoms with Crippen molar-refractivity contribution in [3.05, 3.63) is 70.2 Å². The number of aromatic nitrogens is 4. The number of rotatable bonds is 6. The first kappa shape index (κ1) is 20.4. The SMILES string of the molecule is COc1ccc(NC(=O)Cn2ncn3nc(-c4ccc(Cl)cc4)cc3c2=O)cc1OC. The van der Waals surface area contributed by atoms with Crippen molar-refractivity contribution in [2.45, 2.75) is 6.54 Å². The molecule has 4 aromatic rings. The highest BCUT2D eigenvalue weighted by atomic mass is 35.5. The second-order valence-electron chi connectivity index (χ2n) is 6.58. The second-order valence-corrected chi connectivity index (χ2v) is 7.01. The van der Waals surface area contributed by atoms with Crippen molar-refractivity contribution in [1.29, 1.82) is 0 Å². The van der Waals surface area contributed by atoms with E-state index in [-0.39, 0.29) is 6.54 Å². The Balaban J connectivity index is 1.56. The summed E-state index contributed by atoms with van der Waals surface area (Å²) in [6.07, 6.45) is 1.39. The van der Waals surface area contributed by atoms with E-state index in [0.717, 1.165) is 10.2 Å². The van der Waals surface area contributed by atoms with E-state index < -0.39 is 11.5 Å². The lowest BCUT2D eigenvalue weighted by Gasteiger charge is -2.11. The normalized spacial score (nSPS) is 10.8. The van der Waals surface area contributed by atoms with Gasteiger partial charge in [0, 0.05) is 22.3 Å². The molecule has 2 aromatic heterocycles. The maximum atomic E-state index is 12.8. The first-order valence-corrected chi connectivity index (χ1v) is 9.59. The predicted molar refractivity (Wildman–Crippen MR) is 116 cm³/mol. The molecule has 0 bridgehead atoms. The van der Waals surface area contributed by atoms with Gasteiger partial charge < -0.3 is 14.8 Å². The zero-order valence-corrected chi connectivity index (χ0v) is 17.5. The van der Waals surface area contributed by atoms with Gasteiger partial charge in [-0.25, -0.2) is 9.20 Å². The Labute approximate surface area is 181 Å². The van der Waals surface area contributed by atoms with E-state index in [9.17, 15) is 9.59 Å². The number of amides is 1. The van der Waals surface area contributed by atoms with Gasteiger partial charge in [-0.05, 0) is 30.3 Å². The number of ether oxygens (including phenoxy) is 2. The third-order valence-corrected chi connectivity index (χ3v) is 4.84. The molecule has 9 nitrogen and oxygen atoms in total. The third-order valence-electron chi connectivity index (χ3n) is 4.59. The molecule has 10 heteroatoms. The summed E-state index contributed by atoms with van der Waals surface area (Å²) in [4.78, 5) is 25.3. The van der Waals surface area contributed by atoms with E-state index >= 15 is 0 Å². The molecule has 0 spiro atoms. The summed E-state index contributed by atoms with van der Waals surface area (Å²) in [7, 11) is 3.03. The van der Waals surface area contributed by atoms with Crippen molar-refractivity contribution in [3.63, 3.8) is 0 Å². The number of nitrogens with one attached hydrogen (secondary N) is 1. The molecular formula is C21H18ClN5O4. The number of halogens is 1. The number of carbonyl (C=O) groups is 1. The summed E-state index contributed by atoms with van der Waals surface area (Å²) in [5.41, 5.74) is 1.79. The van der Waals surface area contributed by atoms with Crippen molar-refractivity contribution in [3.8, 4) is 22.8 Å². The standard InChI is InChI=1S/C21H18ClN5O4/c1-30-18-8-7-15(9-19(18)31-2)24-20(28)11-26-21(29)17-10-16(25-27(17)12-23-26)13-3-5-14(22)6-4-13/h3-10,12H,11H2,1-2H3,(H,24,28). The molecule has 0 aliphatic carbocycles. The van der Waals surface area contributed by atoms with E-state index in [4.69, 9.17) is 21.1 Å². The van der Waals surface area contributed by atoms with E-state index in [2.05, 4.69) is 15.5 Å². The van der Waals surface area contributed by atoms with E-state index in [0.29, 0.717) is 33.4 Å². The predicted octanol–water partition coefficient (Wildman–Crippen LogP) is 2.87. The molecule has 0 aliphatic rings. The van der Waals surface area contributed by atoms with Crippen LogP contribution in [-0.2, 0) is 11.3 Å². The molecule has 0 unspecified atom stereocenters. The van der Waals surface area contributed by atoms with Gasteiger partial charge in [-0.15, -0.1) is 0 Å². The van der Waals surface area contributed by atoms with Crippen molar-refractivity contribution >= 4 is 28.7 Å². The molecule has 0 radical (unpaired) electrons. The highest BCUT2D eigenvalue weighted by Gasteiger charge is 2.13. The van der Waals surface area contributed by atoms with Crippen LogP contribution in [0.1, 0.15) is 0 Å². The van der Waals surface area contributed by atoms with E-state index in [1.54, 1.807) is 36.4 Å². The molecule has 31 heavy (non-hydrogen) atoms. The van der Waals surface area contributed by atoms with Gasteiger partial charge in [-0.1, -0.05) is 23.7 Å². The van der Waals surface area contributed by atoms with Gasteiger partial charge in [-0.2, -0.15) is 10.2 Å². The molecule has 1 N–H and O–H groups in total. The maximum absolute atomic E-state index is 12.8. The van der Waals surface area contributed by atoms with Crippen LogP contribution in [0.2, 0.25) is 5.02 Å². The molecule has 0 atom stereocenters. The van der Waals surface area contributed by atoms with Crippen LogP contribution >= 0.6 is 11.6 Å². The number of hydrogen-bond acceptors (Lipinski definition) is 6. The van der Waals surface area contributed by atoms with Gasteiger partial charge in [0.1, 0.15) is 18.4 Å². The van der Waals surface area contributed by atoms with Crippen molar-refractivity contribution in [1.82, 2.24) is 19.4 Å². The lowest BCUT2D eigenvalue weighted by molar-refractivity contribution is -0.117. The van der Waals surface area contributed by atoms with Gasteiger partial charge in [-0.3, -0.25) is 9.59 Å². The summed E-state index contributed by atoms with van der Waals surface area (Å²) >= 11 is 5.92. The molecule has 2 heterocycles. The molecule has 158 valence electrons. The minimum Gasteiger partial charge on any atom is -0.493 e. The van der Waals surface area contributed by atoms with Gasteiger partial charge >= 0.3 is 0 Å². The van der Waals surface area contributed by atoms with Crippen LogP contribution in [0, 0.1) is 0 Å². The van der Waals surface area contributed by atoms with Crippen LogP contribution in [0.4, 0.5) is 5.69 Å². The Bertz CT molecular complexity index is 1310. The van der Waals surface area contributed by atoms with Crippen molar-refractivity contribution in [2.75, 3.05) is 19.5 Å². The average Bonchev–Trinajstić information content (AvgIpc) is 3.21. The Hall–Kier alpha value is -3.85. The number of benzene rings is 2. The minimum atomic E-state index is -0.433. The number of carbonyl (C=O) groups excluding carboxylic acids is 1. The van der Waals surface area contributed by atoms with E-state index in [1.807, 2.05) is 12.1 Å². The topological polar surface area (TPSA) is 99.8 Å². The largest absolute Gasteiger partial charge is 0.493 e. The third kappa shape index (κ3) is 4.22. The van der Waals surface area contributed by atoms with Crippen LogP contribution < -0.4 is 20.3 Å². The van der Waals surface area contributed by atoms with Gasteiger partial charge in [0.15, 0.2) is 11.5 Å². The molecule has 2 aromatic carbocycles. The van der Waals surface area contributed by atoms with Gasteiger partial charge in [0.05, 0.1) is 19.9 Å². The quantitative estimate of drug-likeness (QED) is 0.496. The molecule has 0 fully saturated rings. The van der Waals surface area contributed by atoms with Crippen LogP contribution in [0.5, 0.6) is 11.5 Å². The summed E-state index contributed by atoms with van der Waals surface area (Å²) < 4.78 is 12.9. The lowest BCUT2D eigenvalue weighted by Crippen LogP contribution is -2.30. The highest BCUT2D eigenvalue weighted by Crippen LogP contribution is 2.29. The van der Waals surface area contributed by atoms with Gasteiger partial charge in [0.25, 0.3) is 5.56 Å². The maximum Gasteiger partial charge on any atom is 0.293 e. The fraction of sp³-hybridized carbons (Fsp3) is 0.143. The summed E-state index contributed by atoms with van der Waals surface area (Å²) in [5, 5.41) is 11.7. The Morgan fingerprint density at radius 1 is 1.06 bits per heavy atom. The summed E-state index contributed by atoms with van der Waals surface area (Å²) in [5.74, 6) is 0.607. The Morgan fingerprint density at radius 3 is 2.52 bits per heavy atom. The molecule has 1 amide bonds. The summed E-state index contributed by atoms with van der Waals surface area (Å²) in [6.45, 7) is -0.259. The average molecular weight is 440 g/mol. The zero-order chi connectivity index (χ0) is 22.0. The highest BCUT2D eigenvalue weighted by molar-refractivity contribution is 6.30. The zero-order valence-electron chi connectivity index (χ0n) is 16.7. The first-order chi connectivity index (χ1) is 15.0.